The number of carbonyl (C=O) groups excluding carboxylic acids is 1. The standard InChI is InChI=1S/C27H21FNOP/c28-23-18-16-21(17-19-23)26(20-29-27(30)22-10-4-1-5-11-22)31(24-12-6-2-7-13-24)25-14-8-3-9-15-25/h1-20H,(H,29,30). The molecule has 4 aromatic carbocycles. The second kappa shape index (κ2) is 9.97. The highest BCUT2D eigenvalue weighted by molar-refractivity contribution is 7.82. The second-order valence-electron chi connectivity index (χ2n) is 6.88. The molecule has 4 rings (SSSR count). The van der Waals surface area contributed by atoms with Crippen LogP contribution in [-0.2, 0) is 0 Å². The van der Waals surface area contributed by atoms with Gasteiger partial charge < -0.3 is 5.32 Å². The molecular formula is C27H21FNOP. The van der Waals surface area contributed by atoms with Crippen molar-refractivity contribution in [3.05, 3.63) is 138 Å². The van der Waals surface area contributed by atoms with Crippen molar-refractivity contribution in [1.82, 2.24) is 5.32 Å². The lowest BCUT2D eigenvalue weighted by Gasteiger charge is -2.23. The molecule has 0 saturated carbocycles. The Kier molecular flexibility index (Phi) is 6.66. The fourth-order valence-corrected chi connectivity index (χ4v) is 5.68. The highest BCUT2D eigenvalue weighted by atomic mass is 31.1. The van der Waals surface area contributed by atoms with Gasteiger partial charge in [0.1, 0.15) is 5.82 Å². The zero-order valence-electron chi connectivity index (χ0n) is 16.8. The van der Waals surface area contributed by atoms with Gasteiger partial charge in [0.2, 0.25) is 0 Å². The molecule has 0 fully saturated rings. The van der Waals surface area contributed by atoms with Crippen LogP contribution >= 0.6 is 7.92 Å². The van der Waals surface area contributed by atoms with Gasteiger partial charge in [-0.2, -0.15) is 0 Å². The lowest BCUT2D eigenvalue weighted by atomic mass is 10.2. The Balaban J connectivity index is 1.81. The van der Waals surface area contributed by atoms with Gasteiger partial charge in [-0.3, -0.25) is 4.79 Å². The minimum atomic E-state index is -0.976. The number of hydrogen-bond donors (Lipinski definition) is 1. The van der Waals surface area contributed by atoms with Crippen molar-refractivity contribution >= 4 is 29.8 Å². The third-order valence-corrected chi connectivity index (χ3v) is 7.28. The molecule has 1 amide bonds. The Hall–Kier alpha value is -3.55. The summed E-state index contributed by atoms with van der Waals surface area (Å²) in [5.41, 5.74) is 1.45. The summed E-state index contributed by atoms with van der Waals surface area (Å²) in [7, 11) is -0.976. The lowest BCUT2D eigenvalue weighted by Crippen LogP contribution is -2.19. The summed E-state index contributed by atoms with van der Waals surface area (Å²) in [6.45, 7) is 0. The van der Waals surface area contributed by atoms with Crippen LogP contribution in [0, 0.1) is 5.82 Å². The van der Waals surface area contributed by atoms with E-state index >= 15 is 0 Å². The van der Waals surface area contributed by atoms with Crippen molar-refractivity contribution in [2.75, 3.05) is 0 Å². The molecule has 0 saturated heterocycles. The van der Waals surface area contributed by atoms with E-state index in [1.54, 1.807) is 30.5 Å². The molecule has 2 nitrogen and oxygen atoms in total. The predicted molar refractivity (Wildman–Crippen MR) is 127 cm³/mol. The molecule has 0 atom stereocenters. The first kappa shape index (κ1) is 20.7. The summed E-state index contributed by atoms with van der Waals surface area (Å²) >= 11 is 0. The third-order valence-electron chi connectivity index (χ3n) is 4.79. The van der Waals surface area contributed by atoms with E-state index in [0.29, 0.717) is 5.56 Å². The molecule has 0 unspecified atom stereocenters. The molecule has 31 heavy (non-hydrogen) atoms. The second-order valence-corrected chi connectivity index (χ2v) is 9.07. The summed E-state index contributed by atoms with van der Waals surface area (Å²) < 4.78 is 13.6. The molecule has 0 aromatic heterocycles. The van der Waals surface area contributed by atoms with Crippen molar-refractivity contribution in [3.8, 4) is 0 Å². The van der Waals surface area contributed by atoms with E-state index in [2.05, 4.69) is 29.6 Å². The van der Waals surface area contributed by atoms with E-state index in [1.165, 1.54) is 12.1 Å². The summed E-state index contributed by atoms with van der Waals surface area (Å²) in [6, 6.07) is 35.9. The van der Waals surface area contributed by atoms with E-state index in [0.717, 1.165) is 21.5 Å². The van der Waals surface area contributed by atoms with E-state index in [1.807, 2.05) is 54.6 Å². The Morgan fingerprint density at radius 2 is 1.13 bits per heavy atom. The van der Waals surface area contributed by atoms with E-state index in [9.17, 15) is 9.18 Å². The van der Waals surface area contributed by atoms with Crippen LogP contribution in [0.2, 0.25) is 0 Å². The number of amides is 1. The monoisotopic (exact) mass is 425 g/mol. The van der Waals surface area contributed by atoms with E-state index in [-0.39, 0.29) is 11.7 Å². The Morgan fingerprint density at radius 3 is 1.65 bits per heavy atom. The first-order valence-corrected chi connectivity index (χ1v) is 11.3. The van der Waals surface area contributed by atoms with Gasteiger partial charge in [-0.25, -0.2) is 4.39 Å². The van der Waals surface area contributed by atoms with Crippen LogP contribution < -0.4 is 15.9 Å². The maximum atomic E-state index is 13.6. The van der Waals surface area contributed by atoms with Crippen LogP contribution in [0.4, 0.5) is 4.39 Å². The van der Waals surface area contributed by atoms with Crippen LogP contribution in [0.25, 0.3) is 5.31 Å². The first-order valence-electron chi connectivity index (χ1n) is 9.94. The molecule has 0 aliphatic carbocycles. The lowest BCUT2D eigenvalue weighted by molar-refractivity contribution is 0.0970. The predicted octanol–water partition coefficient (Wildman–Crippen LogP) is 5.69. The quantitative estimate of drug-likeness (QED) is 0.395. The van der Waals surface area contributed by atoms with Crippen molar-refractivity contribution in [2.24, 2.45) is 0 Å². The fraction of sp³-hybridized carbons (Fsp3) is 0. The summed E-state index contributed by atoms with van der Waals surface area (Å²) in [6.07, 6.45) is 1.77. The van der Waals surface area contributed by atoms with E-state index in [4.69, 9.17) is 0 Å². The molecule has 152 valence electrons. The van der Waals surface area contributed by atoms with Crippen LogP contribution in [0.5, 0.6) is 0 Å². The topological polar surface area (TPSA) is 29.1 Å². The Morgan fingerprint density at radius 1 is 0.645 bits per heavy atom. The summed E-state index contributed by atoms with van der Waals surface area (Å²) in [5.74, 6) is -0.476. The minimum Gasteiger partial charge on any atom is -0.328 e. The van der Waals surface area contributed by atoms with Crippen molar-refractivity contribution in [2.45, 2.75) is 0 Å². The minimum absolute atomic E-state index is 0.184. The van der Waals surface area contributed by atoms with Gasteiger partial charge in [0.25, 0.3) is 5.91 Å². The molecule has 0 spiro atoms. The van der Waals surface area contributed by atoms with Gasteiger partial charge >= 0.3 is 0 Å². The average Bonchev–Trinajstić information content (AvgIpc) is 2.84. The maximum Gasteiger partial charge on any atom is 0.255 e. The van der Waals surface area contributed by atoms with Crippen LogP contribution in [0.3, 0.4) is 0 Å². The third kappa shape index (κ3) is 5.14. The molecule has 4 aromatic rings. The van der Waals surface area contributed by atoms with Crippen molar-refractivity contribution < 1.29 is 9.18 Å². The summed E-state index contributed by atoms with van der Waals surface area (Å²) in [5, 5.41) is 6.19. The molecule has 0 aliphatic heterocycles. The molecule has 0 heterocycles. The maximum absolute atomic E-state index is 13.6. The van der Waals surface area contributed by atoms with Gasteiger partial charge in [0, 0.05) is 17.1 Å². The molecular weight excluding hydrogens is 404 g/mol. The average molecular weight is 425 g/mol. The zero-order valence-corrected chi connectivity index (χ0v) is 17.7. The number of halogens is 1. The normalized spacial score (nSPS) is 11.4. The smallest absolute Gasteiger partial charge is 0.255 e. The first-order chi connectivity index (χ1) is 15.2. The number of hydrogen-bond acceptors (Lipinski definition) is 1. The highest BCUT2D eigenvalue weighted by Crippen LogP contribution is 2.48. The van der Waals surface area contributed by atoms with Crippen LogP contribution in [0.15, 0.2) is 121 Å². The van der Waals surface area contributed by atoms with Gasteiger partial charge in [-0.05, 0) is 48.4 Å². The summed E-state index contributed by atoms with van der Waals surface area (Å²) in [4.78, 5) is 12.7. The van der Waals surface area contributed by atoms with Crippen molar-refractivity contribution in [1.29, 1.82) is 0 Å². The highest BCUT2D eigenvalue weighted by Gasteiger charge is 2.21. The molecule has 0 radical (unpaired) electrons. The molecule has 0 bridgehead atoms. The Bertz CT molecular complexity index is 1120. The molecule has 4 heteroatoms. The van der Waals surface area contributed by atoms with Crippen LogP contribution in [-0.4, -0.2) is 5.91 Å². The van der Waals surface area contributed by atoms with Crippen molar-refractivity contribution in [3.63, 3.8) is 0 Å². The van der Waals surface area contributed by atoms with Gasteiger partial charge in [-0.15, -0.1) is 0 Å². The van der Waals surface area contributed by atoms with Crippen LogP contribution in [0.1, 0.15) is 15.9 Å². The largest absolute Gasteiger partial charge is 0.328 e. The number of carbonyl (C=O) groups is 1. The van der Waals surface area contributed by atoms with Gasteiger partial charge in [-0.1, -0.05) is 91.0 Å². The van der Waals surface area contributed by atoms with E-state index < -0.39 is 7.92 Å². The van der Waals surface area contributed by atoms with Gasteiger partial charge in [0.15, 0.2) is 0 Å². The molecule has 1 N–H and O–H groups in total. The number of nitrogens with one attached hydrogen (secondary N) is 1. The molecule has 0 aliphatic rings. The Labute approximate surface area is 182 Å². The SMILES string of the molecule is O=C(NC=C(c1ccc(F)cc1)P(c1ccccc1)c1ccccc1)c1ccccc1. The fourth-order valence-electron chi connectivity index (χ4n) is 3.29. The number of benzene rings is 4. The number of rotatable bonds is 6. The van der Waals surface area contributed by atoms with Gasteiger partial charge in [0.05, 0.1) is 0 Å². The zero-order chi connectivity index (χ0) is 21.5.